The van der Waals surface area contributed by atoms with E-state index in [1.54, 1.807) is 18.5 Å². The molecule has 4 aromatic rings. The second-order valence-electron chi connectivity index (χ2n) is 9.02. The lowest BCUT2D eigenvalue weighted by atomic mass is 10.1. The van der Waals surface area contributed by atoms with Crippen molar-refractivity contribution in [3.8, 4) is 17.1 Å². The van der Waals surface area contributed by atoms with Gasteiger partial charge in [-0.3, -0.25) is 0 Å². The molecule has 0 spiro atoms. The Hall–Kier alpha value is -3.72. The van der Waals surface area contributed by atoms with Crippen LogP contribution < -0.4 is 5.32 Å². The van der Waals surface area contributed by atoms with E-state index in [4.69, 9.17) is 21.4 Å². The molecule has 36 heavy (non-hydrogen) atoms. The fraction of sp³-hybridized carbons (Fsp3) is 0.346. The third kappa shape index (κ3) is 4.70. The van der Waals surface area contributed by atoms with Crippen LogP contribution >= 0.6 is 11.6 Å². The van der Waals surface area contributed by atoms with Gasteiger partial charge in [0.25, 0.3) is 0 Å². The van der Waals surface area contributed by atoms with E-state index in [2.05, 4.69) is 27.3 Å². The monoisotopic (exact) mass is 505 g/mol. The second-order valence-corrected chi connectivity index (χ2v) is 9.46. The summed E-state index contributed by atoms with van der Waals surface area (Å²) in [6.45, 7) is 8.59. The highest BCUT2D eigenvalue weighted by Gasteiger charge is 2.26. The highest BCUT2D eigenvalue weighted by Crippen LogP contribution is 2.35. The number of nitrogens with zero attached hydrogens (tertiary/aromatic N) is 6. The molecule has 1 aliphatic rings. The molecule has 1 aliphatic carbocycles. The molecule has 1 N–H and O–H groups in total. The lowest BCUT2D eigenvalue weighted by Gasteiger charge is -2.11. The molecule has 0 radical (unpaired) electrons. The van der Waals surface area contributed by atoms with Crippen LogP contribution in [0.15, 0.2) is 36.7 Å². The number of hydrogen-bond donors (Lipinski definition) is 1. The lowest BCUT2D eigenvalue weighted by molar-refractivity contribution is 0.0524. The highest BCUT2D eigenvalue weighted by molar-refractivity contribution is 6.30. The fourth-order valence-corrected chi connectivity index (χ4v) is 4.41. The van der Waals surface area contributed by atoms with E-state index in [1.807, 2.05) is 41.9 Å². The molecule has 10 heteroatoms. The summed E-state index contributed by atoms with van der Waals surface area (Å²) < 4.78 is 8.86. The number of nitrogens with one attached hydrogen (secondary N) is 1. The Morgan fingerprint density at radius 3 is 2.58 bits per heavy atom. The van der Waals surface area contributed by atoms with Gasteiger partial charge >= 0.3 is 5.97 Å². The van der Waals surface area contributed by atoms with Gasteiger partial charge in [0.1, 0.15) is 23.5 Å². The third-order valence-corrected chi connectivity index (χ3v) is 6.57. The number of rotatable bonds is 8. The number of hydrogen-bond acceptors (Lipinski definition) is 7. The van der Waals surface area contributed by atoms with Crippen molar-refractivity contribution in [2.24, 2.45) is 5.92 Å². The molecule has 3 heterocycles. The fourth-order valence-electron chi connectivity index (χ4n) is 4.29. The SMILES string of the molecule is CCOC(=O)c1c(C)nn(-c2cc(Nc3c(C)c(-c4ccc(Cl)cc4)nn3CC3CC3)ncn2)c1C. The third-order valence-electron chi connectivity index (χ3n) is 6.32. The summed E-state index contributed by atoms with van der Waals surface area (Å²) in [5.74, 6) is 2.29. The maximum absolute atomic E-state index is 12.4. The molecule has 0 amide bonds. The number of carbonyl (C=O) groups is 1. The average molecular weight is 506 g/mol. The van der Waals surface area contributed by atoms with Gasteiger partial charge in [-0.15, -0.1) is 0 Å². The van der Waals surface area contributed by atoms with Crippen molar-refractivity contribution in [2.45, 2.75) is 47.1 Å². The van der Waals surface area contributed by atoms with Crippen LogP contribution in [0, 0.1) is 26.7 Å². The number of aromatic nitrogens is 6. The van der Waals surface area contributed by atoms with Gasteiger partial charge in [-0.25, -0.2) is 24.1 Å². The van der Waals surface area contributed by atoms with E-state index < -0.39 is 0 Å². The van der Waals surface area contributed by atoms with E-state index in [1.165, 1.54) is 19.2 Å². The Morgan fingerprint density at radius 1 is 1.14 bits per heavy atom. The highest BCUT2D eigenvalue weighted by atomic mass is 35.5. The van der Waals surface area contributed by atoms with E-state index in [9.17, 15) is 4.79 Å². The Kier molecular flexibility index (Phi) is 6.49. The number of esters is 1. The first-order chi connectivity index (χ1) is 17.4. The van der Waals surface area contributed by atoms with Gasteiger partial charge in [-0.1, -0.05) is 23.7 Å². The summed E-state index contributed by atoms with van der Waals surface area (Å²) in [5.41, 5.74) is 4.64. The molecule has 0 unspecified atom stereocenters. The Morgan fingerprint density at radius 2 is 1.89 bits per heavy atom. The summed E-state index contributed by atoms with van der Waals surface area (Å²) in [6.07, 6.45) is 3.91. The summed E-state index contributed by atoms with van der Waals surface area (Å²) in [6, 6.07) is 9.52. The molecule has 0 bridgehead atoms. The molecular formula is C26H28ClN7O2. The van der Waals surface area contributed by atoms with Crippen molar-refractivity contribution in [1.82, 2.24) is 29.5 Å². The smallest absolute Gasteiger partial charge is 0.341 e. The first-order valence-electron chi connectivity index (χ1n) is 12.0. The van der Waals surface area contributed by atoms with Crippen molar-refractivity contribution in [3.05, 3.63) is 64.2 Å². The minimum absolute atomic E-state index is 0.302. The predicted octanol–water partition coefficient (Wildman–Crippen LogP) is 5.43. The van der Waals surface area contributed by atoms with Crippen LogP contribution in [-0.4, -0.2) is 42.1 Å². The van der Waals surface area contributed by atoms with Crippen molar-refractivity contribution < 1.29 is 9.53 Å². The van der Waals surface area contributed by atoms with Gasteiger partial charge in [-0.05, 0) is 58.6 Å². The van der Waals surface area contributed by atoms with Gasteiger partial charge in [0, 0.05) is 28.8 Å². The molecule has 0 saturated heterocycles. The molecule has 0 aliphatic heterocycles. The van der Waals surface area contributed by atoms with Crippen LogP contribution in [0.2, 0.25) is 5.02 Å². The number of ether oxygens (including phenoxy) is 1. The maximum atomic E-state index is 12.4. The summed E-state index contributed by atoms with van der Waals surface area (Å²) in [7, 11) is 0. The normalized spacial score (nSPS) is 13.1. The lowest BCUT2D eigenvalue weighted by Crippen LogP contribution is -2.10. The molecule has 186 valence electrons. The van der Waals surface area contributed by atoms with Crippen molar-refractivity contribution in [2.75, 3.05) is 11.9 Å². The van der Waals surface area contributed by atoms with Gasteiger partial charge in [0.15, 0.2) is 5.82 Å². The van der Waals surface area contributed by atoms with Gasteiger partial charge in [0.2, 0.25) is 0 Å². The van der Waals surface area contributed by atoms with E-state index in [-0.39, 0.29) is 5.97 Å². The standard InChI is InChI=1S/C26H28ClN7O2/c1-5-36-26(35)23-16(3)31-34(17(23)4)22-12-21(28-14-29-22)30-25-15(2)24(19-8-10-20(27)11-9-19)32-33(25)13-18-6-7-18/h8-12,14,18H,5-7,13H2,1-4H3,(H,28,29,30). The Labute approximate surface area is 214 Å². The number of carbonyl (C=O) groups excluding carboxylic acids is 1. The number of halogens is 1. The summed E-state index contributed by atoms with van der Waals surface area (Å²) in [4.78, 5) is 21.2. The van der Waals surface area contributed by atoms with Crippen LogP contribution in [0.25, 0.3) is 17.1 Å². The Balaban J connectivity index is 1.49. The molecule has 1 saturated carbocycles. The minimum Gasteiger partial charge on any atom is -0.462 e. The zero-order valence-electron chi connectivity index (χ0n) is 20.7. The quantitative estimate of drug-likeness (QED) is 0.318. The first kappa shape index (κ1) is 24.0. The molecule has 1 fully saturated rings. The van der Waals surface area contributed by atoms with Crippen molar-refractivity contribution in [3.63, 3.8) is 0 Å². The van der Waals surface area contributed by atoms with Crippen LogP contribution in [0.3, 0.4) is 0 Å². The molecule has 3 aromatic heterocycles. The molecular weight excluding hydrogens is 478 g/mol. The molecule has 1 aromatic carbocycles. The van der Waals surface area contributed by atoms with Crippen LogP contribution in [0.5, 0.6) is 0 Å². The van der Waals surface area contributed by atoms with Gasteiger partial charge in [0.05, 0.1) is 23.7 Å². The second kappa shape index (κ2) is 9.73. The van der Waals surface area contributed by atoms with Crippen molar-refractivity contribution >= 4 is 29.2 Å². The Bertz CT molecular complexity index is 1420. The van der Waals surface area contributed by atoms with Crippen LogP contribution in [-0.2, 0) is 11.3 Å². The molecule has 0 atom stereocenters. The predicted molar refractivity (Wildman–Crippen MR) is 138 cm³/mol. The number of aryl methyl sites for hydroxylation is 1. The topological polar surface area (TPSA) is 99.8 Å². The van der Waals surface area contributed by atoms with Gasteiger partial charge < -0.3 is 10.1 Å². The summed E-state index contributed by atoms with van der Waals surface area (Å²) >= 11 is 6.10. The van der Waals surface area contributed by atoms with E-state index in [0.717, 1.165) is 29.2 Å². The molecule has 9 nitrogen and oxygen atoms in total. The van der Waals surface area contributed by atoms with E-state index in [0.29, 0.717) is 46.1 Å². The first-order valence-corrected chi connectivity index (χ1v) is 12.4. The number of benzene rings is 1. The number of anilines is 2. The molecule has 5 rings (SSSR count). The summed E-state index contributed by atoms with van der Waals surface area (Å²) in [5, 5.41) is 13.6. The van der Waals surface area contributed by atoms with Crippen molar-refractivity contribution in [1.29, 1.82) is 0 Å². The maximum Gasteiger partial charge on any atom is 0.341 e. The van der Waals surface area contributed by atoms with Crippen LogP contribution in [0.1, 0.15) is 47.1 Å². The largest absolute Gasteiger partial charge is 0.462 e. The minimum atomic E-state index is -0.388. The zero-order valence-corrected chi connectivity index (χ0v) is 21.5. The average Bonchev–Trinajstić information content (AvgIpc) is 3.56. The van der Waals surface area contributed by atoms with Crippen LogP contribution in [0.4, 0.5) is 11.6 Å². The zero-order chi connectivity index (χ0) is 25.4. The van der Waals surface area contributed by atoms with Gasteiger partial charge in [-0.2, -0.15) is 10.2 Å². The van der Waals surface area contributed by atoms with E-state index >= 15 is 0 Å².